The van der Waals surface area contributed by atoms with Gasteiger partial charge in [0.15, 0.2) is 0 Å². The van der Waals surface area contributed by atoms with E-state index in [4.69, 9.17) is 14.0 Å². The average Bonchev–Trinajstić information content (AvgIpc) is 3.19. The van der Waals surface area contributed by atoms with Gasteiger partial charge < -0.3 is 14.0 Å². The molecule has 2 heterocycles. The predicted octanol–water partition coefficient (Wildman–Crippen LogP) is 4.21. The van der Waals surface area contributed by atoms with Crippen LogP contribution in [0.4, 0.5) is 0 Å². The Hall–Kier alpha value is -2.66. The van der Waals surface area contributed by atoms with E-state index in [0.717, 1.165) is 36.3 Å². The van der Waals surface area contributed by atoms with Gasteiger partial charge in [-0.05, 0) is 30.5 Å². The fraction of sp³-hybridized carbons (Fsp3) is 0.300. The average molecular weight is 336 g/mol. The highest BCUT2D eigenvalue weighted by atomic mass is 16.5. The molecule has 0 bridgehead atoms. The summed E-state index contributed by atoms with van der Waals surface area (Å²) in [5.41, 5.74) is 2.03. The minimum atomic E-state index is 0.216. The molecular weight excluding hydrogens is 316 g/mol. The maximum atomic E-state index is 5.76. The monoisotopic (exact) mass is 336 g/mol. The minimum absolute atomic E-state index is 0.216. The van der Waals surface area contributed by atoms with Crippen LogP contribution in [0, 0.1) is 0 Å². The molecule has 128 valence electrons. The summed E-state index contributed by atoms with van der Waals surface area (Å²) in [6.45, 7) is 2.02. The van der Waals surface area contributed by atoms with Crippen LogP contribution >= 0.6 is 0 Å². The Morgan fingerprint density at radius 1 is 1.04 bits per heavy atom. The summed E-state index contributed by atoms with van der Waals surface area (Å²) in [5, 5.41) is 4.11. The fourth-order valence-electron chi connectivity index (χ4n) is 2.89. The van der Waals surface area contributed by atoms with E-state index in [0.29, 0.717) is 24.9 Å². The van der Waals surface area contributed by atoms with Crippen molar-refractivity contribution in [2.24, 2.45) is 0 Å². The molecule has 1 atom stereocenters. The number of aromatic nitrogens is 2. The molecule has 1 fully saturated rings. The van der Waals surface area contributed by atoms with Crippen molar-refractivity contribution >= 4 is 0 Å². The van der Waals surface area contributed by atoms with E-state index in [9.17, 15) is 0 Å². The topological polar surface area (TPSA) is 57.4 Å². The van der Waals surface area contributed by atoms with Crippen molar-refractivity contribution in [3.05, 3.63) is 66.1 Å². The zero-order chi connectivity index (χ0) is 16.9. The van der Waals surface area contributed by atoms with Crippen LogP contribution in [0.1, 0.15) is 30.2 Å². The number of nitrogens with zero attached hydrogens (tertiary/aromatic N) is 2. The molecule has 0 amide bonds. The van der Waals surface area contributed by atoms with Crippen LogP contribution in [-0.4, -0.2) is 23.4 Å². The molecule has 1 saturated heterocycles. The lowest BCUT2D eigenvalue weighted by Gasteiger charge is -2.17. The standard InChI is InChI=1S/C20H20N2O3/c1-2-6-18(7-3-1)24-13-15-8-10-16(11-9-15)19-21-20(25-22-19)17-5-4-12-23-14-17/h1-3,6-11,17H,4-5,12-14H2. The van der Waals surface area contributed by atoms with Crippen LogP contribution in [0.25, 0.3) is 11.4 Å². The summed E-state index contributed by atoms with van der Waals surface area (Å²) in [6.07, 6.45) is 2.08. The van der Waals surface area contributed by atoms with E-state index in [1.807, 2.05) is 54.6 Å². The maximum Gasteiger partial charge on any atom is 0.232 e. The molecule has 5 heteroatoms. The second-order valence-electron chi connectivity index (χ2n) is 6.17. The first kappa shape index (κ1) is 15.8. The quantitative estimate of drug-likeness (QED) is 0.698. The lowest BCUT2D eigenvalue weighted by molar-refractivity contribution is 0.0705. The molecule has 5 nitrogen and oxygen atoms in total. The highest BCUT2D eigenvalue weighted by Crippen LogP contribution is 2.26. The Kier molecular flexibility index (Phi) is 4.74. The highest BCUT2D eigenvalue weighted by molar-refractivity contribution is 5.54. The van der Waals surface area contributed by atoms with Crippen molar-refractivity contribution < 1.29 is 14.0 Å². The van der Waals surface area contributed by atoms with Gasteiger partial charge in [-0.2, -0.15) is 4.98 Å². The summed E-state index contributed by atoms with van der Waals surface area (Å²) in [4.78, 5) is 4.54. The number of hydrogen-bond acceptors (Lipinski definition) is 5. The van der Waals surface area contributed by atoms with Crippen LogP contribution in [0.15, 0.2) is 59.1 Å². The summed E-state index contributed by atoms with van der Waals surface area (Å²) < 4.78 is 16.7. The SMILES string of the molecule is c1ccc(OCc2ccc(-c3noc(C4CCCOC4)n3)cc2)cc1. The Labute approximate surface area is 146 Å². The molecule has 1 aliphatic heterocycles. The first-order valence-corrected chi connectivity index (χ1v) is 8.57. The largest absolute Gasteiger partial charge is 0.489 e. The second kappa shape index (κ2) is 7.49. The molecule has 25 heavy (non-hydrogen) atoms. The molecule has 0 spiro atoms. The molecule has 3 aromatic rings. The highest BCUT2D eigenvalue weighted by Gasteiger charge is 2.22. The van der Waals surface area contributed by atoms with Gasteiger partial charge in [-0.25, -0.2) is 0 Å². The Balaban J connectivity index is 1.40. The maximum absolute atomic E-state index is 5.76. The molecule has 0 saturated carbocycles. The van der Waals surface area contributed by atoms with Crippen LogP contribution in [0.3, 0.4) is 0 Å². The predicted molar refractivity (Wildman–Crippen MR) is 93.3 cm³/mol. The number of ether oxygens (including phenoxy) is 2. The minimum Gasteiger partial charge on any atom is -0.489 e. The summed E-state index contributed by atoms with van der Waals surface area (Å²) in [6, 6.07) is 17.8. The van der Waals surface area contributed by atoms with Crippen molar-refractivity contribution in [3.63, 3.8) is 0 Å². The normalized spacial score (nSPS) is 17.4. The summed E-state index contributed by atoms with van der Waals surface area (Å²) in [5.74, 6) is 2.37. The third-order valence-corrected chi connectivity index (χ3v) is 4.31. The first-order chi connectivity index (χ1) is 12.4. The van der Waals surface area contributed by atoms with Crippen LogP contribution in [-0.2, 0) is 11.3 Å². The van der Waals surface area contributed by atoms with Crippen molar-refractivity contribution in [1.82, 2.24) is 10.1 Å². The van der Waals surface area contributed by atoms with Crippen molar-refractivity contribution in [3.8, 4) is 17.1 Å². The van der Waals surface area contributed by atoms with Gasteiger partial charge >= 0.3 is 0 Å². The Morgan fingerprint density at radius 2 is 1.88 bits per heavy atom. The molecular formula is C20H20N2O3. The third kappa shape index (κ3) is 3.88. The van der Waals surface area contributed by atoms with Gasteiger partial charge in [-0.3, -0.25) is 0 Å². The summed E-state index contributed by atoms with van der Waals surface area (Å²) in [7, 11) is 0. The lowest BCUT2D eigenvalue weighted by Crippen LogP contribution is -2.15. The lowest BCUT2D eigenvalue weighted by atomic mass is 10.0. The summed E-state index contributed by atoms with van der Waals surface area (Å²) >= 11 is 0. The van der Waals surface area contributed by atoms with E-state index in [1.165, 1.54) is 0 Å². The number of rotatable bonds is 5. The molecule has 1 unspecified atom stereocenters. The van der Waals surface area contributed by atoms with Crippen molar-refractivity contribution in [2.45, 2.75) is 25.4 Å². The van der Waals surface area contributed by atoms with E-state index < -0.39 is 0 Å². The molecule has 0 N–H and O–H groups in total. The molecule has 4 rings (SSSR count). The van der Waals surface area contributed by atoms with Gasteiger partial charge in [0.1, 0.15) is 12.4 Å². The van der Waals surface area contributed by atoms with E-state index >= 15 is 0 Å². The zero-order valence-corrected chi connectivity index (χ0v) is 13.9. The molecule has 0 radical (unpaired) electrons. The van der Waals surface area contributed by atoms with Gasteiger partial charge in [-0.15, -0.1) is 0 Å². The van der Waals surface area contributed by atoms with Crippen LogP contribution < -0.4 is 4.74 Å². The smallest absolute Gasteiger partial charge is 0.232 e. The van der Waals surface area contributed by atoms with Gasteiger partial charge in [0.2, 0.25) is 11.7 Å². The van der Waals surface area contributed by atoms with Gasteiger partial charge in [0.05, 0.1) is 12.5 Å². The number of hydrogen-bond donors (Lipinski definition) is 0. The Morgan fingerprint density at radius 3 is 2.64 bits per heavy atom. The van der Waals surface area contributed by atoms with Gasteiger partial charge in [-0.1, -0.05) is 47.6 Å². The number of para-hydroxylation sites is 1. The van der Waals surface area contributed by atoms with Gasteiger partial charge in [0, 0.05) is 12.2 Å². The molecule has 0 aliphatic carbocycles. The zero-order valence-electron chi connectivity index (χ0n) is 13.9. The first-order valence-electron chi connectivity index (χ1n) is 8.57. The molecule has 1 aromatic heterocycles. The Bertz CT molecular complexity index is 793. The van der Waals surface area contributed by atoms with E-state index in [-0.39, 0.29) is 5.92 Å². The van der Waals surface area contributed by atoms with E-state index in [1.54, 1.807) is 0 Å². The fourth-order valence-corrected chi connectivity index (χ4v) is 2.89. The van der Waals surface area contributed by atoms with Crippen LogP contribution in [0.5, 0.6) is 5.75 Å². The van der Waals surface area contributed by atoms with Gasteiger partial charge in [0.25, 0.3) is 0 Å². The van der Waals surface area contributed by atoms with Crippen molar-refractivity contribution in [2.75, 3.05) is 13.2 Å². The molecule has 1 aliphatic rings. The van der Waals surface area contributed by atoms with E-state index in [2.05, 4.69) is 10.1 Å². The van der Waals surface area contributed by atoms with Crippen molar-refractivity contribution in [1.29, 1.82) is 0 Å². The van der Waals surface area contributed by atoms with Crippen LogP contribution in [0.2, 0.25) is 0 Å². The molecule has 2 aromatic carbocycles. The second-order valence-corrected chi connectivity index (χ2v) is 6.17. The third-order valence-electron chi connectivity index (χ3n) is 4.31. The number of benzene rings is 2.